The molecule has 19 heavy (non-hydrogen) atoms. The fourth-order valence-electron chi connectivity index (χ4n) is 2.20. The second kappa shape index (κ2) is 7.85. The summed E-state index contributed by atoms with van der Waals surface area (Å²) in [5.41, 5.74) is 0. The lowest BCUT2D eigenvalue weighted by atomic mass is 10.1. The molecule has 0 aromatic carbocycles. The molecule has 4 heteroatoms. The lowest BCUT2D eigenvalue weighted by molar-refractivity contribution is -0.149. The number of carbonyl (C=O) groups excluding carboxylic acids is 1. The molecule has 0 aliphatic carbocycles. The Labute approximate surface area is 117 Å². The molecule has 0 N–H and O–H groups in total. The molecular formula is C15H29NO3. The van der Waals surface area contributed by atoms with Gasteiger partial charge in [-0.1, -0.05) is 34.6 Å². The topological polar surface area (TPSA) is 42.1 Å². The third-order valence-electron chi connectivity index (χ3n) is 2.99. The van der Waals surface area contributed by atoms with Crippen molar-refractivity contribution in [2.75, 3.05) is 32.8 Å². The van der Waals surface area contributed by atoms with Gasteiger partial charge in [0, 0.05) is 19.6 Å². The van der Waals surface area contributed by atoms with E-state index < -0.39 is 0 Å². The molecule has 1 fully saturated rings. The van der Waals surface area contributed by atoms with E-state index in [1.807, 2.05) is 6.92 Å². The number of ether oxygens (including phenoxy) is 2. The van der Waals surface area contributed by atoms with E-state index in [4.69, 9.17) is 9.47 Å². The summed E-state index contributed by atoms with van der Waals surface area (Å²) in [5, 5.41) is 0. The van der Waals surface area contributed by atoms with Crippen LogP contribution in [0.15, 0.2) is 0 Å². The molecule has 1 rings (SSSR count). The normalized spacial score (nSPS) is 20.1. The maximum Gasteiger partial charge on any atom is 0.310 e. The molecule has 2 unspecified atom stereocenters. The van der Waals surface area contributed by atoms with Crippen LogP contribution in [-0.4, -0.2) is 49.8 Å². The molecule has 0 spiro atoms. The first kappa shape index (κ1) is 16.4. The molecule has 0 amide bonds. The molecular weight excluding hydrogens is 242 g/mol. The largest absolute Gasteiger partial charge is 0.463 e. The van der Waals surface area contributed by atoms with Gasteiger partial charge in [0.2, 0.25) is 0 Å². The van der Waals surface area contributed by atoms with Gasteiger partial charge in [0.25, 0.3) is 0 Å². The van der Waals surface area contributed by atoms with Crippen molar-refractivity contribution in [1.82, 2.24) is 4.90 Å². The van der Waals surface area contributed by atoms with Crippen molar-refractivity contribution in [3.8, 4) is 0 Å². The van der Waals surface area contributed by atoms with Crippen LogP contribution in [0.2, 0.25) is 0 Å². The summed E-state index contributed by atoms with van der Waals surface area (Å²) in [6.07, 6.45) is 0.151. The summed E-state index contributed by atoms with van der Waals surface area (Å²) in [6.45, 7) is 14.8. The zero-order chi connectivity index (χ0) is 14.4. The van der Waals surface area contributed by atoms with Crippen molar-refractivity contribution in [2.45, 2.75) is 40.7 Å². The quantitative estimate of drug-likeness (QED) is 0.476. The van der Waals surface area contributed by atoms with Crippen molar-refractivity contribution in [1.29, 1.82) is 0 Å². The number of esters is 1. The van der Waals surface area contributed by atoms with Crippen molar-refractivity contribution in [3.63, 3.8) is 0 Å². The van der Waals surface area contributed by atoms with Crippen LogP contribution >= 0.6 is 0 Å². The minimum atomic E-state index is -0.104. The number of hydrogen-bond acceptors (Lipinski definition) is 4. The number of carbonyl (C=O) groups is 1. The lowest BCUT2D eigenvalue weighted by Gasteiger charge is -2.28. The smallest absolute Gasteiger partial charge is 0.310 e. The van der Waals surface area contributed by atoms with Gasteiger partial charge in [-0.3, -0.25) is 4.79 Å². The van der Waals surface area contributed by atoms with E-state index in [9.17, 15) is 4.79 Å². The lowest BCUT2D eigenvalue weighted by Crippen LogP contribution is -2.37. The van der Waals surface area contributed by atoms with Gasteiger partial charge in [0.15, 0.2) is 0 Å². The molecule has 1 heterocycles. The van der Waals surface area contributed by atoms with E-state index in [1.165, 1.54) is 0 Å². The highest BCUT2D eigenvalue weighted by Crippen LogP contribution is 2.12. The number of nitrogens with zero attached hydrogens (tertiary/aromatic N) is 1. The number of rotatable bonds is 9. The summed E-state index contributed by atoms with van der Waals surface area (Å²) in [6, 6.07) is 0. The minimum absolute atomic E-state index is 0.0729. The molecule has 0 aromatic rings. The van der Waals surface area contributed by atoms with Crippen LogP contribution in [0.5, 0.6) is 0 Å². The van der Waals surface area contributed by atoms with E-state index in [2.05, 4.69) is 32.6 Å². The average molecular weight is 271 g/mol. The standard InChI is InChI=1S/C15H29NO3/c1-11(2)6-16(7-12(3)4)8-13(5)15(17)19-10-14-9-18-14/h11-14H,6-10H2,1-5H3. The van der Waals surface area contributed by atoms with Gasteiger partial charge < -0.3 is 14.4 Å². The third kappa shape index (κ3) is 7.53. The predicted octanol–water partition coefficient (Wildman–Crippen LogP) is 2.18. The van der Waals surface area contributed by atoms with Gasteiger partial charge in [-0.2, -0.15) is 0 Å². The van der Waals surface area contributed by atoms with Crippen molar-refractivity contribution in [2.24, 2.45) is 17.8 Å². The Morgan fingerprint density at radius 3 is 2.11 bits per heavy atom. The zero-order valence-electron chi connectivity index (χ0n) is 13.0. The first-order valence-corrected chi connectivity index (χ1v) is 7.39. The Balaban J connectivity index is 2.34. The molecule has 1 aliphatic heterocycles. The second-order valence-electron chi connectivity index (χ2n) is 6.49. The summed E-state index contributed by atoms with van der Waals surface area (Å²) in [4.78, 5) is 14.2. The molecule has 4 nitrogen and oxygen atoms in total. The van der Waals surface area contributed by atoms with Gasteiger partial charge in [-0.05, 0) is 11.8 Å². The molecule has 1 aliphatic rings. The highest BCUT2D eigenvalue weighted by Gasteiger charge is 2.26. The predicted molar refractivity (Wildman–Crippen MR) is 76.0 cm³/mol. The fraction of sp³-hybridized carbons (Fsp3) is 0.933. The van der Waals surface area contributed by atoms with Gasteiger partial charge in [0.05, 0.1) is 12.5 Å². The highest BCUT2D eigenvalue weighted by atomic mass is 16.6. The third-order valence-corrected chi connectivity index (χ3v) is 2.99. The number of epoxide rings is 1. The summed E-state index contributed by atoms with van der Waals surface area (Å²) < 4.78 is 10.3. The van der Waals surface area contributed by atoms with E-state index in [0.717, 1.165) is 26.2 Å². The monoisotopic (exact) mass is 271 g/mol. The van der Waals surface area contributed by atoms with Crippen LogP contribution in [-0.2, 0) is 14.3 Å². The number of hydrogen-bond donors (Lipinski definition) is 0. The SMILES string of the molecule is CC(C)CN(CC(C)C)CC(C)C(=O)OCC1CO1. The maximum atomic E-state index is 11.9. The van der Waals surface area contributed by atoms with E-state index in [0.29, 0.717) is 18.4 Å². The second-order valence-corrected chi connectivity index (χ2v) is 6.49. The van der Waals surface area contributed by atoms with Gasteiger partial charge >= 0.3 is 5.97 Å². The van der Waals surface area contributed by atoms with Crippen molar-refractivity contribution in [3.05, 3.63) is 0 Å². The first-order chi connectivity index (χ1) is 8.88. The Morgan fingerprint density at radius 2 is 1.68 bits per heavy atom. The van der Waals surface area contributed by atoms with Crippen LogP contribution in [0, 0.1) is 17.8 Å². The molecule has 0 saturated carbocycles. The van der Waals surface area contributed by atoms with Gasteiger partial charge in [-0.15, -0.1) is 0 Å². The fourth-order valence-corrected chi connectivity index (χ4v) is 2.20. The van der Waals surface area contributed by atoms with Crippen molar-refractivity contribution >= 4 is 5.97 Å². The maximum absolute atomic E-state index is 11.9. The molecule has 112 valence electrons. The average Bonchev–Trinajstić information content (AvgIpc) is 3.07. The van der Waals surface area contributed by atoms with Gasteiger partial charge in [0.1, 0.15) is 12.7 Å². The first-order valence-electron chi connectivity index (χ1n) is 7.39. The molecule has 1 saturated heterocycles. The Bertz CT molecular complexity index is 265. The van der Waals surface area contributed by atoms with Gasteiger partial charge in [-0.25, -0.2) is 0 Å². The van der Waals surface area contributed by atoms with Crippen LogP contribution in [0.4, 0.5) is 0 Å². The van der Waals surface area contributed by atoms with E-state index >= 15 is 0 Å². The van der Waals surface area contributed by atoms with E-state index in [1.54, 1.807) is 0 Å². The highest BCUT2D eigenvalue weighted by molar-refractivity contribution is 5.72. The van der Waals surface area contributed by atoms with Crippen LogP contribution < -0.4 is 0 Å². The Kier molecular flexibility index (Phi) is 6.80. The molecule has 0 aromatic heterocycles. The summed E-state index contributed by atoms with van der Waals surface area (Å²) >= 11 is 0. The molecule has 0 bridgehead atoms. The van der Waals surface area contributed by atoms with Crippen molar-refractivity contribution < 1.29 is 14.3 Å². The molecule has 2 atom stereocenters. The Morgan fingerprint density at radius 1 is 1.16 bits per heavy atom. The van der Waals surface area contributed by atoms with Crippen LogP contribution in [0.25, 0.3) is 0 Å². The van der Waals surface area contributed by atoms with Crippen LogP contribution in [0.1, 0.15) is 34.6 Å². The Hall–Kier alpha value is -0.610. The summed E-state index contributed by atoms with van der Waals surface area (Å²) in [5.74, 6) is 1.05. The minimum Gasteiger partial charge on any atom is -0.463 e. The van der Waals surface area contributed by atoms with E-state index in [-0.39, 0.29) is 18.0 Å². The molecule has 0 radical (unpaired) electrons. The summed E-state index contributed by atoms with van der Waals surface area (Å²) in [7, 11) is 0. The zero-order valence-corrected chi connectivity index (χ0v) is 13.0. The van der Waals surface area contributed by atoms with Crippen LogP contribution in [0.3, 0.4) is 0 Å².